The number of aliphatic hydroxyl groups excluding tert-OH is 12. The zero-order chi connectivity index (χ0) is 88.9. The van der Waals surface area contributed by atoms with Gasteiger partial charge in [0.2, 0.25) is 23.6 Å². The minimum atomic E-state index is -2.96. The fraction of sp³-hybridized carbons (Fsp3) is 0.550. The Morgan fingerprint density at radius 1 is 0.442 bits per heavy atom. The number of ether oxygens (including phenoxy) is 7. The summed E-state index contributed by atoms with van der Waals surface area (Å²) >= 11 is 33.7. The number of imidazole rings is 3. The lowest BCUT2D eigenvalue weighted by Crippen LogP contribution is -2.42. The molecular formula is C60H70Cl6F7N23O24. The molecule has 9 aromatic rings. The molecule has 0 bridgehead atoms. The first kappa shape index (κ1) is 93.5. The van der Waals surface area contributed by atoms with Crippen LogP contribution in [-0.4, -0.2) is 299 Å². The molecule has 0 radical (unpaired) electrons. The average Bonchev–Trinajstić information content (AvgIpc) is 1.62. The first-order valence-electron chi connectivity index (χ1n) is 34.1. The predicted octanol–water partition coefficient (Wildman–Crippen LogP) is -4.52. The number of H-pyrrole nitrogens is 2. The third-order valence-corrected chi connectivity index (χ3v) is 20.8. The maximum atomic E-state index is 14.7. The van der Waals surface area contributed by atoms with Crippen LogP contribution in [0.25, 0.3) is 33.5 Å². The number of nitrogens with zero attached hydrogens (tertiary/aromatic N) is 16. The highest BCUT2D eigenvalue weighted by molar-refractivity contribution is 6.25. The molecule has 24 N–H and O–H groups in total. The summed E-state index contributed by atoms with van der Waals surface area (Å²) in [5, 5.41) is 95.5. The molecule has 660 valence electrons. The third-order valence-electron chi connectivity index (χ3n) is 18.3. The van der Waals surface area contributed by atoms with Crippen LogP contribution in [0.2, 0.25) is 0 Å². The van der Waals surface area contributed by atoms with E-state index in [-0.39, 0.29) is 74.3 Å². The van der Waals surface area contributed by atoms with Crippen LogP contribution < -0.4 is 61.6 Å². The minimum absolute atomic E-state index is 0.0209. The first-order chi connectivity index (χ1) is 56.2. The number of fused-ring (bicyclic) bond motifs is 3. The third kappa shape index (κ3) is 17.8. The summed E-state index contributed by atoms with van der Waals surface area (Å²) in [5.41, 5.74) is 24.2. The number of aryl methyl sites for hydroxylation is 1. The van der Waals surface area contributed by atoms with Crippen LogP contribution >= 0.6 is 69.6 Å². The standard InChI is InChI=1S/C12H15ClFN5O4.C10H12ClFN6O3.C10H11ClFN5O3.C10H12ClFN2O5.C9H9ClF2N2O5.C9H11ClFN3O4/c1-2-22-9-6-8(17-11(15)18-9)19(4-16-6)10-12(13,14)7(21)5(3-20)23-10;11-10(12)5(20)3(1-19)21-8(10)18-2-15-4-6(13)16-9(14)17-7(4)18;11-10(12)6(19)4(1-18)20-9(10)17-3-16-5-7(13)14-2-15-8(5)17;1-4-2-14(9(18)13-7(4)17)8-10(11,12)6(16)5(3-15)19-8;10-9(12)5(16)4(2-15)19-7(9)14-1-3(11)6(17)13-8(14)18;10-9(11)6(16)4(3-15)18-7(9)14-2-1-5(12)13-8(14)17/h4-5,7,10,20-21H,2-3H2,1H3,(H2,15,17,18);2-3,5,8,19-20H,1H2,(H4,13,14,16,17);2-4,6,9,18-19H,1H2,(H2,13,14,15);2,5-6,8,15-16H,3H2,1H3,(H,13,17,18);1,4-5,7,15-16H,2H2,(H,13,17,18);1-2,4,6-7,15-16H,3H2,(H2,12,13,17)/t5-,7-,10-,12+;3-,5-,8-,10+;4-,6-,9-,10+;5-,6-,8-,10+;4-,5-,7-,9+;4-,6-,7-,9+/m111111/s1. The fourth-order valence-electron chi connectivity index (χ4n) is 12.2. The number of nitrogens with one attached hydrogen (secondary N) is 2. The molecule has 47 nitrogen and oxygen atoms in total. The van der Waals surface area contributed by atoms with Crippen LogP contribution in [0.5, 0.6) is 5.88 Å². The van der Waals surface area contributed by atoms with Gasteiger partial charge in [-0.05, 0) is 19.9 Å². The van der Waals surface area contributed by atoms with Gasteiger partial charge in [0, 0.05) is 18.0 Å². The normalized spacial score (nSPS) is 33.7. The van der Waals surface area contributed by atoms with Crippen molar-refractivity contribution in [3.8, 4) is 5.88 Å². The highest BCUT2D eigenvalue weighted by atomic mass is 35.5. The number of halogens is 13. The second kappa shape index (κ2) is 36.3. The highest BCUT2D eigenvalue weighted by Crippen LogP contribution is 2.51. The zero-order valence-electron chi connectivity index (χ0n) is 60.7. The first-order valence-corrected chi connectivity index (χ1v) is 36.4. The summed E-state index contributed by atoms with van der Waals surface area (Å²) in [6.45, 7) is -0.304. The molecule has 6 aliphatic heterocycles. The van der Waals surface area contributed by atoms with Gasteiger partial charge in [-0.2, -0.15) is 29.3 Å². The van der Waals surface area contributed by atoms with Crippen LogP contribution in [0.4, 0.5) is 60.1 Å². The lowest BCUT2D eigenvalue weighted by atomic mass is 10.1. The zero-order valence-corrected chi connectivity index (χ0v) is 65.2. The Bertz CT molecular complexity index is 5370. The number of aromatic nitrogens is 18. The summed E-state index contributed by atoms with van der Waals surface area (Å²) in [7, 11) is 0. The van der Waals surface area contributed by atoms with Gasteiger partial charge in [-0.25, -0.2) is 65.6 Å². The predicted molar refractivity (Wildman–Crippen MR) is 395 cm³/mol. The van der Waals surface area contributed by atoms with Crippen molar-refractivity contribution in [3.05, 3.63) is 114 Å². The number of hydrogen-bond donors (Lipinski definition) is 19. The number of nitrogen functional groups attached to an aromatic ring is 5. The number of aliphatic hydroxyl groups is 12. The van der Waals surface area contributed by atoms with E-state index < -0.39 is 215 Å². The number of alkyl halides is 12. The fourth-order valence-corrected chi connectivity index (χ4v) is 14.0. The van der Waals surface area contributed by atoms with E-state index in [0.717, 1.165) is 26.1 Å². The van der Waals surface area contributed by atoms with Crippen LogP contribution in [0.3, 0.4) is 0 Å². The summed E-state index contributed by atoms with van der Waals surface area (Å²) in [5.74, 6) is -1.32. The van der Waals surface area contributed by atoms with Crippen molar-refractivity contribution in [3.63, 3.8) is 0 Å². The second-order valence-electron chi connectivity index (χ2n) is 26.2. The van der Waals surface area contributed by atoms with Gasteiger partial charge in [0.25, 0.3) is 41.9 Å². The summed E-state index contributed by atoms with van der Waals surface area (Å²) in [6, 6.07) is 1.26. The van der Waals surface area contributed by atoms with Crippen LogP contribution in [-0.2, 0) is 28.4 Å². The van der Waals surface area contributed by atoms with E-state index in [1.807, 2.05) is 4.98 Å². The average molecular weight is 1840 g/mol. The molecule has 6 aliphatic rings. The summed E-state index contributed by atoms with van der Waals surface area (Å²) in [4.78, 5) is 99.0. The topological polar surface area (TPSA) is 713 Å². The van der Waals surface area contributed by atoms with Crippen molar-refractivity contribution in [1.29, 1.82) is 0 Å². The van der Waals surface area contributed by atoms with E-state index >= 15 is 0 Å². The molecule has 0 unspecified atom stereocenters. The quantitative estimate of drug-likeness (QED) is 0.0360. The molecule has 120 heavy (non-hydrogen) atoms. The van der Waals surface area contributed by atoms with E-state index in [1.54, 1.807) is 11.9 Å². The van der Waals surface area contributed by atoms with Gasteiger partial charge < -0.3 is 123 Å². The molecule has 15 heterocycles. The van der Waals surface area contributed by atoms with Gasteiger partial charge in [0.1, 0.15) is 96.4 Å². The van der Waals surface area contributed by atoms with E-state index in [0.29, 0.717) is 17.4 Å². The van der Waals surface area contributed by atoms with Crippen LogP contribution in [0, 0.1) is 12.7 Å². The molecule has 0 spiro atoms. The Balaban J connectivity index is 0.000000152. The van der Waals surface area contributed by atoms with Gasteiger partial charge in [-0.1, -0.05) is 69.6 Å². The molecule has 6 fully saturated rings. The second-order valence-corrected chi connectivity index (χ2v) is 29.6. The van der Waals surface area contributed by atoms with E-state index in [1.165, 1.54) is 47.4 Å². The molecule has 0 amide bonds. The summed E-state index contributed by atoms with van der Waals surface area (Å²) < 4.78 is 141. The Morgan fingerprint density at radius 2 is 0.775 bits per heavy atom. The molecule has 0 aliphatic carbocycles. The van der Waals surface area contributed by atoms with Gasteiger partial charge in [0.05, 0.1) is 71.4 Å². The van der Waals surface area contributed by atoms with Crippen molar-refractivity contribution in [2.75, 3.05) is 74.9 Å². The van der Waals surface area contributed by atoms with Gasteiger partial charge in [-0.15, -0.1) is 0 Å². The minimum Gasteiger partial charge on any atom is -0.476 e. The molecule has 24 atom stereocenters. The maximum absolute atomic E-state index is 14.7. The maximum Gasteiger partial charge on any atom is 0.351 e. The molecule has 15 rings (SSSR count). The van der Waals surface area contributed by atoms with Gasteiger partial charge in [-0.3, -0.25) is 47.0 Å². The smallest absolute Gasteiger partial charge is 0.351 e. The molecular weight excluding hydrogens is 1770 g/mol. The molecule has 0 aromatic carbocycles. The number of anilines is 5. The molecule has 0 saturated carbocycles. The van der Waals surface area contributed by atoms with Crippen molar-refractivity contribution < 1.29 is 125 Å². The Labute approximate surface area is 691 Å². The van der Waals surface area contributed by atoms with Crippen LogP contribution in [0.1, 0.15) is 49.9 Å². The highest BCUT2D eigenvalue weighted by Gasteiger charge is 2.63. The lowest BCUT2D eigenvalue weighted by Gasteiger charge is -2.22. The van der Waals surface area contributed by atoms with Crippen molar-refractivity contribution in [1.82, 2.24) is 87.2 Å². The lowest BCUT2D eigenvalue weighted by molar-refractivity contribution is -0.0522. The van der Waals surface area contributed by atoms with Crippen molar-refractivity contribution in [2.24, 2.45) is 0 Å². The number of rotatable bonds is 14. The number of hydrogen-bond acceptors (Lipinski definition) is 39. The monoisotopic (exact) mass is 1840 g/mol. The molecule has 60 heteroatoms. The Kier molecular flexibility index (Phi) is 28.3. The van der Waals surface area contributed by atoms with Gasteiger partial charge in [0.15, 0.2) is 71.5 Å². The van der Waals surface area contributed by atoms with Gasteiger partial charge >= 0.3 is 17.1 Å². The van der Waals surface area contributed by atoms with Crippen LogP contribution in [0.15, 0.2) is 73.9 Å². The summed E-state index contributed by atoms with van der Waals surface area (Å²) in [6.07, 6.45) is -19.9. The molecule has 9 aromatic heterocycles. The van der Waals surface area contributed by atoms with E-state index in [9.17, 15) is 85.3 Å². The van der Waals surface area contributed by atoms with Crippen molar-refractivity contribution in [2.45, 2.75) is 155 Å². The van der Waals surface area contributed by atoms with E-state index in [2.05, 4.69) is 49.8 Å². The van der Waals surface area contributed by atoms with E-state index in [4.69, 9.17) is 162 Å². The Morgan fingerprint density at radius 3 is 1.15 bits per heavy atom. The number of aromatic amines is 2. The number of nitrogens with two attached hydrogens (primary N) is 5. The molecule has 6 saturated heterocycles. The SMILES string of the molecule is CCOc1nc(N)nc2c1ncn2[C@@H]1O[C@H](CO)[C@@H](O)[C@@]1(F)Cl.Cc1cn([C@@H]2O[C@H](CO)[C@@H](O)[C@@]2(F)Cl)c(=O)[nH]c1=O.Nc1ccn([C@@H]2O[C@H](CO)[C@@H](O)[C@@]2(F)Cl)c(=O)n1.Nc1nc(N)c2ncn([C@@H]3O[C@H](CO)[C@@H](O)[C@@]3(F)Cl)c2n1.Nc1ncnc2c1ncn2[C@@H]1O[C@H](CO)[C@@H](O)[C@@]1(F)Cl.O=c1[nH]c(=O)n([C@@H]2O[C@H](CO)[C@@H](O)[C@@]2(F)Cl)cc1F. The Hall–Kier alpha value is -8.78. The van der Waals surface area contributed by atoms with Crippen molar-refractivity contribution >= 4 is 132 Å². The largest absolute Gasteiger partial charge is 0.476 e.